The third-order valence-electron chi connectivity index (χ3n) is 6.88. The zero-order chi connectivity index (χ0) is 26.4. The highest BCUT2D eigenvalue weighted by atomic mass is 32.2. The second kappa shape index (κ2) is 12.4. The standard InChI is InChI=1S/C17H17N3OS.C11H17N3O/c1-12-17(8-16(11-21)19(12)2)22-20-6-5-14-7-13(9-18)3-4-15(14)10-20;1-12-7-9-3-2-5-13-11(9)14-6-4-10(15)8-14/h3-4,7-8,11H,5-6,10H2,1-2H3;2-3,5,10,12,15H,4,6-8H2,1H3. The van der Waals surface area contributed by atoms with E-state index < -0.39 is 0 Å². The maximum Gasteiger partial charge on any atom is 0.166 e. The van der Waals surface area contributed by atoms with Crippen LogP contribution < -0.4 is 10.2 Å². The number of pyridine rings is 1. The molecule has 0 bridgehead atoms. The van der Waals surface area contributed by atoms with Crippen LogP contribution in [0, 0.1) is 18.3 Å². The Labute approximate surface area is 223 Å². The summed E-state index contributed by atoms with van der Waals surface area (Å²) >= 11 is 1.70. The third-order valence-corrected chi connectivity index (χ3v) is 8.06. The maximum atomic E-state index is 11.0. The lowest BCUT2D eigenvalue weighted by Gasteiger charge is -2.27. The number of hydrogen-bond acceptors (Lipinski definition) is 8. The SMILES string of the molecule is CNCc1cccnc1N1CCC(O)C1.Cc1c(SN2CCc3cc(C#N)ccc3C2)cc(C=O)n1C. The van der Waals surface area contributed by atoms with Crippen LogP contribution in [0.5, 0.6) is 0 Å². The maximum absolute atomic E-state index is 11.0. The van der Waals surface area contributed by atoms with Gasteiger partial charge in [0.15, 0.2) is 6.29 Å². The number of aliphatic hydroxyl groups excluding tert-OH is 1. The summed E-state index contributed by atoms with van der Waals surface area (Å²) in [6.07, 6.45) is 4.29. The van der Waals surface area contributed by atoms with E-state index >= 15 is 0 Å². The number of nitrogens with one attached hydrogen (secondary N) is 1. The number of hydrogen-bond donors (Lipinski definition) is 2. The Bertz CT molecular complexity index is 1280. The van der Waals surface area contributed by atoms with Crippen molar-refractivity contribution in [2.75, 3.05) is 31.6 Å². The van der Waals surface area contributed by atoms with E-state index in [-0.39, 0.29) is 6.10 Å². The van der Waals surface area contributed by atoms with Crippen LogP contribution >= 0.6 is 11.9 Å². The van der Waals surface area contributed by atoms with Crippen LogP contribution in [0.3, 0.4) is 0 Å². The molecule has 5 rings (SSSR count). The third kappa shape index (κ3) is 6.40. The van der Waals surface area contributed by atoms with Crippen molar-refractivity contribution in [1.29, 1.82) is 5.26 Å². The summed E-state index contributed by atoms with van der Waals surface area (Å²) < 4.78 is 4.23. The first kappa shape index (κ1) is 26.9. The Balaban J connectivity index is 0.000000186. The van der Waals surface area contributed by atoms with Crippen molar-refractivity contribution < 1.29 is 9.90 Å². The van der Waals surface area contributed by atoms with Gasteiger partial charge in [-0.15, -0.1) is 0 Å². The monoisotopic (exact) mass is 518 g/mol. The molecule has 2 aliphatic rings. The Morgan fingerprint density at radius 2 is 2.11 bits per heavy atom. The summed E-state index contributed by atoms with van der Waals surface area (Å²) in [7, 11) is 3.84. The first-order chi connectivity index (χ1) is 17.9. The number of rotatable bonds is 6. The van der Waals surface area contributed by atoms with Gasteiger partial charge in [0.05, 0.1) is 23.4 Å². The summed E-state index contributed by atoms with van der Waals surface area (Å²) in [6, 6.07) is 14.1. The largest absolute Gasteiger partial charge is 0.391 e. The molecular weight excluding hydrogens is 484 g/mol. The van der Waals surface area contributed by atoms with E-state index in [1.165, 1.54) is 16.7 Å². The van der Waals surface area contributed by atoms with Crippen molar-refractivity contribution >= 4 is 24.1 Å². The van der Waals surface area contributed by atoms with Crippen LogP contribution in [0.25, 0.3) is 0 Å². The smallest absolute Gasteiger partial charge is 0.166 e. The van der Waals surface area contributed by atoms with Gasteiger partial charge in [0, 0.05) is 62.1 Å². The number of fused-ring (bicyclic) bond motifs is 1. The fourth-order valence-corrected chi connectivity index (χ4v) is 5.80. The molecule has 1 unspecified atom stereocenters. The van der Waals surface area contributed by atoms with Gasteiger partial charge in [0.2, 0.25) is 0 Å². The van der Waals surface area contributed by atoms with Crippen LogP contribution in [0.4, 0.5) is 5.82 Å². The lowest BCUT2D eigenvalue weighted by Crippen LogP contribution is -2.24. The van der Waals surface area contributed by atoms with E-state index in [0.717, 1.165) is 67.3 Å². The molecule has 2 N–H and O–H groups in total. The molecule has 1 aromatic carbocycles. The van der Waals surface area contributed by atoms with Crippen LogP contribution in [0.15, 0.2) is 47.5 Å². The number of β-amino-alcohol motifs (C(OH)–C–C–N with tert-alkyl or cyclic N) is 1. The minimum Gasteiger partial charge on any atom is -0.391 e. The zero-order valence-electron chi connectivity index (χ0n) is 21.6. The average molecular weight is 519 g/mol. The summed E-state index contributed by atoms with van der Waals surface area (Å²) in [6.45, 7) is 6.25. The molecule has 1 saturated heterocycles. The Kier molecular flexibility index (Phi) is 9.00. The van der Waals surface area contributed by atoms with Crippen molar-refractivity contribution in [1.82, 2.24) is 19.2 Å². The highest BCUT2D eigenvalue weighted by Crippen LogP contribution is 2.32. The number of carbonyl (C=O) groups excluding carboxylic acids is 1. The molecule has 2 aliphatic heterocycles. The predicted octanol–water partition coefficient (Wildman–Crippen LogP) is 3.46. The first-order valence-corrected chi connectivity index (χ1v) is 13.3. The average Bonchev–Trinajstić information content (AvgIpc) is 3.47. The fraction of sp³-hybridized carbons (Fsp3) is 0.393. The lowest BCUT2D eigenvalue weighted by molar-refractivity contribution is 0.111. The van der Waals surface area contributed by atoms with E-state index in [2.05, 4.69) is 37.7 Å². The minimum atomic E-state index is -0.200. The van der Waals surface area contributed by atoms with Gasteiger partial charge in [-0.05, 0) is 74.2 Å². The van der Waals surface area contributed by atoms with E-state index in [0.29, 0.717) is 12.2 Å². The highest BCUT2D eigenvalue weighted by molar-refractivity contribution is 7.97. The minimum absolute atomic E-state index is 0.200. The molecule has 0 radical (unpaired) electrons. The molecule has 0 aliphatic carbocycles. The quantitative estimate of drug-likeness (QED) is 0.378. The molecule has 194 valence electrons. The Hall–Kier alpha value is -3.16. The molecule has 3 aromatic rings. The molecule has 0 amide bonds. The van der Waals surface area contributed by atoms with Gasteiger partial charge in [0.25, 0.3) is 0 Å². The van der Waals surface area contributed by atoms with E-state index in [1.807, 2.05) is 49.9 Å². The van der Waals surface area contributed by atoms with Crippen molar-refractivity contribution in [3.8, 4) is 6.07 Å². The molecule has 8 nitrogen and oxygen atoms in total. The van der Waals surface area contributed by atoms with Gasteiger partial charge in [-0.25, -0.2) is 9.29 Å². The normalized spacial score (nSPS) is 17.1. The summed E-state index contributed by atoms with van der Waals surface area (Å²) in [5.41, 5.74) is 6.29. The molecule has 0 saturated carbocycles. The zero-order valence-corrected chi connectivity index (χ0v) is 22.5. The number of carbonyl (C=O) groups is 1. The van der Waals surface area contributed by atoms with Crippen LogP contribution in [0.1, 0.15) is 44.9 Å². The molecule has 1 atom stereocenters. The number of aromatic nitrogens is 2. The fourth-order valence-electron chi connectivity index (χ4n) is 4.69. The van der Waals surface area contributed by atoms with Gasteiger partial charge in [-0.3, -0.25) is 4.79 Å². The second-order valence-corrected chi connectivity index (χ2v) is 10.5. The second-order valence-electron chi connectivity index (χ2n) is 9.40. The molecule has 4 heterocycles. The van der Waals surface area contributed by atoms with E-state index in [4.69, 9.17) is 5.26 Å². The predicted molar refractivity (Wildman–Crippen MR) is 147 cm³/mol. The van der Waals surface area contributed by atoms with Gasteiger partial charge in [0.1, 0.15) is 5.82 Å². The summed E-state index contributed by atoms with van der Waals surface area (Å²) in [5.74, 6) is 1.00. The van der Waals surface area contributed by atoms with Crippen LogP contribution in [-0.4, -0.2) is 58.0 Å². The number of nitriles is 1. The Morgan fingerprint density at radius 3 is 2.78 bits per heavy atom. The van der Waals surface area contributed by atoms with Crippen molar-refractivity contribution in [2.24, 2.45) is 7.05 Å². The van der Waals surface area contributed by atoms with Crippen molar-refractivity contribution in [3.63, 3.8) is 0 Å². The number of anilines is 1. The van der Waals surface area contributed by atoms with Crippen molar-refractivity contribution in [2.45, 2.75) is 43.9 Å². The Morgan fingerprint density at radius 1 is 1.27 bits per heavy atom. The highest BCUT2D eigenvalue weighted by Gasteiger charge is 2.23. The molecule has 37 heavy (non-hydrogen) atoms. The molecule has 1 fully saturated rings. The summed E-state index contributed by atoms with van der Waals surface area (Å²) in [5, 5.41) is 21.6. The van der Waals surface area contributed by atoms with E-state index in [1.54, 1.807) is 18.1 Å². The molecule has 2 aromatic heterocycles. The van der Waals surface area contributed by atoms with Gasteiger partial charge in [-0.2, -0.15) is 5.26 Å². The molecule has 0 spiro atoms. The van der Waals surface area contributed by atoms with Gasteiger partial charge < -0.3 is 19.9 Å². The number of benzene rings is 1. The summed E-state index contributed by atoms with van der Waals surface area (Å²) in [4.78, 5) is 18.7. The lowest BCUT2D eigenvalue weighted by atomic mass is 9.99. The van der Waals surface area contributed by atoms with E-state index in [9.17, 15) is 9.90 Å². The number of nitrogens with zero attached hydrogens (tertiary/aromatic N) is 5. The number of aldehydes is 1. The molecule has 9 heteroatoms. The molecular formula is C28H34N6O2S. The van der Waals surface area contributed by atoms with Gasteiger partial charge >= 0.3 is 0 Å². The van der Waals surface area contributed by atoms with Crippen molar-refractivity contribution in [3.05, 3.63) is 76.2 Å². The first-order valence-electron chi connectivity index (χ1n) is 12.5. The topological polar surface area (TPSA) is 97.4 Å². The van der Waals surface area contributed by atoms with Crippen LogP contribution in [-0.2, 0) is 26.6 Å². The van der Waals surface area contributed by atoms with Crippen LogP contribution in [0.2, 0.25) is 0 Å². The van der Waals surface area contributed by atoms with Gasteiger partial charge in [-0.1, -0.05) is 12.1 Å². The number of aliphatic hydroxyl groups is 1.